The van der Waals surface area contributed by atoms with Crippen molar-refractivity contribution in [2.75, 3.05) is 6.61 Å². The fraction of sp³-hybridized carbons (Fsp3) is 0.444. The van der Waals surface area contributed by atoms with Crippen molar-refractivity contribution in [1.29, 1.82) is 0 Å². The van der Waals surface area contributed by atoms with E-state index in [1.807, 2.05) is 6.08 Å². The van der Waals surface area contributed by atoms with Gasteiger partial charge in [-0.05, 0) is 18.9 Å². The lowest BCUT2D eigenvalue weighted by atomic mass is 10.1. The minimum Gasteiger partial charge on any atom is -0.478 e. The molecule has 2 heteroatoms. The summed E-state index contributed by atoms with van der Waals surface area (Å²) in [5.41, 5.74) is 0. The molecule has 0 amide bonds. The predicted molar refractivity (Wildman–Crippen MR) is 41.7 cm³/mol. The first-order valence-electron chi connectivity index (χ1n) is 3.64. The molecule has 0 saturated carbocycles. The van der Waals surface area contributed by atoms with Crippen LogP contribution < -0.4 is 0 Å². The largest absolute Gasteiger partial charge is 0.478 e. The third-order valence-electron chi connectivity index (χ3n) is 1.52. The molecule has 0 aromatic carbocycles. The summed E-state index contributed by atoms with van der Waals surface area (Å²) in [5, 5.41) is 0. The Labute approximate surface area is 66.2 Å². The van der Waals surface area contributed by atoms with Crippen molar-refractivity contribution in [3.8, 4) is 12.3 Å². The molecule has 2 nitrogen and oxygen atoms in total. The van der Waals surface area contributed by atoms with Crippen LogP contribution in [0.5, 0.6) is 0 Å². The molecular weight excluding hydrogens is 140 g/mol. The summed E-state index contributed by atoms with van der Waals surface area (Å²) >= 11 is 0. The van der Waals surface area contributed by atoms with Gasteiger partial charge in [-0.2, -0.15) is 0 Å². The van der Waals surface area contributed by atoms with E-state index < -0.39 is 0 Å². The minimum atomic E-state index is 0.0755. The highest BCUT2D eigenvalue weighted by molar-refractivity contribution is 5.94. The van der Waals surface area contributed by atoms with E-state index in [2.05, 4.69) is 5.92 Å². The molecule has 0 unspecified atom stereocenters. The highest BCUT2D eigenvalue weighted by Crippen LogP contribution is 2.14. The van der Waals surface area contributed by atoms with Crippen molar-refractivity contribution in [3.05, 3.63) is 11.8 Å². The Hall–Kier alpha value is -1.23. The fourth-order valence-corrected chi connectivity index (χ4v) is 0.992. The van der Waals surface area contributed by atoms with Crippen LogP contribution in [-0.2, 0) is 9.53 Å². The zero-order chi connectivity index (χ0) is 8.10. The SMILES string of the molecule is C#CCOC1=CCCCC1=O. The molecule has 0 spiro atoms. The Morgan fingerprint density at radius 3 is 3.18 bits per heavy atom. The Kier molecular flexibility index (Phi) is 2.74. The van der Waals surface area contributed by atoms with Gasteiger partial charge < -0.3 is 4.74 Å². The van der Waals surface area contributed by atoms with Gasteiger partial charge in [0.05, 0.1) is 0 Å². The van der Waals surface area contributed by atoms with E-state index in [0.29, 0.717) is 12.2 Å². The van der Waals surface area contributed by atoms with Crippen LogP contribution >= 0.6 is 0 Å². The van der Waals surface area contributed by atoms with Crippen LogP contribution in [0, 0.1) is 12.3 Å². The van der Waals surface area contributed by atoms with Gasteiger partial charge in [-0.1, -0.05) is 5.92 Å². The first kappa shape index (κ1) is 7.87. The van der Waals surface area contributed by atoms with Crippen molar-refractivity contribution >= 4 is 5.78 Å². The van der Waals surface area contributed by atoms with Crippen LogP contribution in [0.4, 0.5) is 0 Å². The van der Waals surface area contributed by atoms with Gasteiger partial charge in [0.25, 0.3) is 0 Å². The van der Waals surface area contributed by atoms with E-state index in [4.69, 9.17) is 11.2 Å². The molecule has 0 aromatic heterocycles. The lowest BCUT2D eigenvalue weighted by Crippen LogP contribution is -2.10. The Morgan fingerprint density at radius 1 is 1.73 bits per heavy atom. The number of hydrogen-bond acceptors (Lipinski definition) is 2. The van der Waals surface area contributed by atoms with E-state index in [-0.39, 0.29) is 12.4 Å². The monoisotopic (exact) mass is 150 g/mol. The molecule has 1 rings (SSSR count). The quantitative estimate of drug-likeness (QED) is 0.554. The molecular formula is C9H10O2. The number of Topliss-reactive ketones (excluding diaryl/α,β-unsaturated/α-hetero) is 1. The molecule has 0 aliphatic heterocycles. The molecule has 0 radical (unpaired) electrons. The van der Waals surface area contributed by atoms with Gasteiger partial charge >= 0.3 is 0 Å². The second-order valence-corrected chi connectivity index (χ2v) is 2.38. The van der Waals surface area contributed by atoms with Crippen molar-refractivity contribution in [2.24, 2.45) is 0 Å². The first-order valence-corrected chi connectivity index (χ1v) is 3.64. The Morgan fingerprint density at radius 2 is 2.55 bits per heavy atom. The summed E-state index contributed by atoms with van der Waals surface area (Å²) < 4.78 is 5.02. The van der Waals surface area contributed by atoms with E-state index in [9.17, 15) is 4.79 Å². The molecule has 0 aromatic rings. The van der Waals surface area contributed by atoms with Crippen LogP contribution in [0.25, 0.3) is 0 Å². The molecule has 0 bridgehead atoms. The van der Waals surface area contributed by atoms with Gasteiger partial charge in [0.2, 0.25) is 0 Å². The van der Waals surface area contributed by atoms with Gasteiger partial charge in [0, 0.05) is 6.42 Å². The van der Waals surface area contributed by atoms with Crippen LogP contribution in [0.2, 0.25) is 0 Å². The summed E-state index contributed by atoms with van der Waals surface area (Å²) in [5.74, 6) is 2.85. The van der Waals surface area contributed by atoms with Crippen LogP contribution in [0.1, 0.15) is 19.3 Å². The van der Waals surface area contributed by atoms with E-state index >= 15 is 0 Å². The molecule has 0 fully saturated rings. The van der Waals surface area contributed by atoms with Crippen molar-refractivity contribution in [2.45, 2.75) is 19.3 Å². The maximum absolute atomic E-state index is 11.0. The molecule has 0 atom stereocenters. The summed E-state index contributed by atoms with van der Waals surface area (Å²) in [6, 6.07) is 0. The zero-order valence-corrected chi connectivity index (χ0v) is 6.30. The number of rotatable bonds is 2. The number of terminal acetylenes is 1. The summed E-state index contributed by atoms with van der Waals surface area (Å²) in [6.45, 7) is 0.192. The number of carbonyl (C=O) groups excluding carboxylic acids is 1. The molecule has 58 valence electrons. The second-order valence-electron chi connectivity index (χ2n) is 2.38. The molecule has 0 N–H and O–H groups in total. The maximum atomic E-state index is 11.0. The lowest BCUT2D eigenvalue weighted by molar-refractivity contribution is -0.119. The Balaban J connectivity index is 2.49. The van der Waals surface area contributed by atoms with Crippen LogP contribution in [-0.4, -0.2) is 12.4 Å². The molecule has 1 aliphatic rings. The Bertz CT molecular complexity index is 220. The average Bonchev–Trinajstić information content (AvgIpc) is 2.03. The number of ether oxygens (including phenoxy) is 1. The van der Waals surface area contributed by atoms with Crippen LogP contribution in [0.3, 0.4) is 0 Å². The molecule has 11 heavy (non-hydrogen) atoms. The van der Waals surface area contributed by atoms with E-state index in [1.165, 1.54) is 0 Å². The predicted octanol–water partition coefficient (Wildman–Crippen LogP) is 1.27. The normalized spacial score (nSPS) is 17.0. The number of hydrogen-bond donors (Lipinski definition) is 0. The van der Waals surface area contributed by atoms with Gasteiger partial charge in [-0.15, -0.1) is 6.42 Å². The fourth-order valence-electron chi connectivity index (χ4n) is 0.992. The third-order valence-corrected chi connectivity index (χ3v) is 1.52. The molecule has 0 saturated heterocycles. The maximum Gasteiger partial charge on any atom is 0.197 e. The summed E-state index contributed by atoms with van der Waals surface area (Å²) in [6.07, 6.45) is 9.23. The number of allylic oxidation sites excluding steroid dienone is 2. The smallest absolute Gasteiger partial charge is 0.197 e. The van der Waals surface area contributed by atoms with Crippen LogP contribution in [0.15, 0.2) is 11.8 Å². The van der Waals surface area contributed by atoms with Crippen molar-refractivity contribution in [1.82, 2.24) is 0 Å². The van der Waals surface area contributed by atoms with Gasteiger partial charge in [0.1, 0.15) is 6.61 Å². The minimum absolute atomic E-state index is 0.0755. The van der Waals surface area contributed by atoms with E-state index in [0.717, 1.165) is 12.8 Å². The summed E-state index contributed by atoms with van der Waals surface area (Å²) in [4.78, 5) is 11.0. The van der Waals surface area contributed by atoms with Crippen molar-refractivity contribution < 1.29 is 9.53 Å². The highest BCUT2D eigenvalue weighted by Gasteiger charge is 2.13. The third kappa shape index (κ3) is 2.12. The van der Waals surface area contributed by atoms with Gasteiger partial charge in [-0.25, -0.2) is 0 Å². The average molecular weight is 150 g/mol. The summed E-state index contributed by atoms with van der Waals surface area (Å²) in [7, 11) is 0. The first-order chi connectivity index (χ1) is 5.34. The van der Waals surface area contributed by atoms with Gasteiger partial charge in [-0.3, -0.25) is 4.79 Å². The second kappa shape index (κ2) is 3.82. The highest BCUT2D eigenvalue weighted by atomic mass is 16.5. The lowest BCUT2D eigenvalue weighted by Gasteiger charge is -2.10. The van der Waals surface area contributed by atoms with E-state index in [1.54, 1.807) is 0 Å². The topological polar surface area (TPSA) is 26.3 Å². The number of ketones is 1. The molecule has 1 aliphatic carbocycles. The van der Waals surface area contributed by atoms with Gasteiger partial charge in [0.15, 0.2) is 11.5 Å². The molecule has 0 heterocycles. The number of carbonyl (C=O) groups is 1. The zero-order valence-electron chi connectivity index (χ0n) is 6.30. The van der Waals surface area contributed by atoms with Crippen molar-refractivity contribution in [3.63, 3.8) is 0 Å². The standard InChI is InChI=1S/C9H10O2/c1-2-7-11-9-6-4-3-5-8(9)10/h1,6H,3-5,7H2.